The Kier molecular flexibility index (Phi) is 3.79. The van der Waals surface area contributed by atoms with E-state index < -0.39 is 0 Å². The molecule has 20 heavy (non-hydrogen) atoms. The SMILES string of the molecule is NC(CC1CCCc2ccccc21)c1ncccc1F. The Balaban J connectivity index is 1.81. The van der Waals surface area contributed by atoms with Gasteiger partial charge < -0.3 is 5.73 Å². The molecule has 2 atom stereocenters. The summed E-state index contributed by atoms with van der Waals surface area (Å²) in [7, 11) is 0. The number of aryl methyl sites for hydroxylation is 1. The maximum absolute atomic E-state index is 13.7. The van der Waals surface area contributed by atoms with E-state index in [1.807, 2.05) is 0 Å². The van der Waals surface area contributed by atoms with Gasteiger partial charge in [0, 0.05) is 6.20 Å². The van der Waals surface area contributed by atoms with Crippen LogP contribution in [0.3, 0.4) is 0 Å². The van der Waals surface area contributed by atoms with Crippen molar-refractivity contribution in [2.24, 2.45) is 5.73 Å². The van der Waals surface area contributed by atoms with Gasteiger partial charge >= 0.3 is 0 Å². The van der Waals surface area contributed by atoms with Crippen molar-refractivity contribution in [3.63, 3.8) is 0 Å². The van der Waals surface area contributed by atoms with Gasteiger partial charge in [-0.05, 0) is 54.9 Å². The van der Waals surface area contributed by atoms with Crippen LogP contribution < -0.4 is 5.73 Å². The number of nitrogens with zero attached hydrogens (tertiary/aromatic N) is 1. The highest BCUT2D eigenvalue weighted by Crippen LogP contribution is 2.36. The highest BCUT2D eigenvalue weighted by molar-refractivity contribution is 5.33. The van der Waals surface area contributed by atoms with Gasteiger partial charge in [0.05, 0.1) is 11.7 Å². The summed E-state index contributed by atoms with van der Waals surface area (Å²) in [5.74, 6) is 0.112. The van der Waals surface area contributed by atoms with Crippen LogP contribution in [0.15, 0.2) is 42.6 Å². The third-order valence-electron chi connectivity index (χ3n) is 4.17. The molecule has 1 aliphatic rings. The number of hydrogen-bond donors (Lipinski definition) is 1. The van der Waals surface area contributed by atoms with Crippen molar-refractivity contribution in [2.75, 3.05) is 0 Å². The van der Waals surface area contributed by atoms with E-state index in [0.717, 1.165) is 19.3 Å². The summed E-state index contributed by atoms with van der Waals surface area (Å²) in [6.07, 6.45) is 5.80. The van der Waals surface area contributed by atoms with Gasteiger partial charge in [-0.1, -0.05) is 24.3 Å². The molecule has 0 saturated carbocycles. The molecule has 2 nitrogen and oxygen atoms in total. The zero-order valence-electron chi connectivity index (χ0n) is 11.4. The van der Waals surface area contributed by atoms with Gasteiger partial charge in [0.15, 0.2) is 0 Å². The average molecular weight is 270 g/mol. The standard InChI is InChI=1S/C17H19FN2/c18-15-9-4-10-20-17(15)16(19)11-13-7-3-6-12-5-1-2-8-14(12)13/h1-2,4-5,8-10,13,16H,3,6-7,11,19H2. The smallest absolute Gasteiger partial charge is 0.146 e. The van der Waals surface area contributed by atoms with Crippen molar-refractivity contribution in [2.45, 2.75) is 37.6 Å². The van der Waals surface area contributed by atoms with E-state index in [4.69, 9.17) is 5.73 Å². The largest absolute Gasteiger partial charge is 0.323 e. The summed E-state index contributed by atoms with van der Waals surface area (Å²) in [6, 6.07) is 11.2. The van der Waals surface area contributed by atoms with Crippen LogP contribution in [0.4, 0.5) is 4.39 Å². The Hall–Kier alpha value is -1.74. The van der Waals surface area contributed by atoms with E-state index in [9.17, 15) is 4.39 Å². The van der Waals surface area contributed by atoms with Gasteiger partial charge in [0.25, 0.3) is 0 Å². The first kappa shape index (κ1) is 13.3. The van der Waals surface area contributed by atoms with Gasteiger partial charge in [0.1, 0.15) is 5.82 Å². The monoisotopic (exact) mass is 270 g/mol. The van der Waals surface area contributed by atoms with Crippen molar-refractivity contribution in [3.8, 4) is 0 Å². The number of halogens is 1. The summed E-state index contributed by atoms with van der Waals surface area (Å²) in [5.41, 5.74) is 9.36. The molecule has 2 N–H and O–H groups in total. The number of benzene rings is 1. The molecule has 1 heterocycles. The predicted molar refractivity (Wildman–Crippen MR) is 77.9 cm³/mol. The molecule has 1 aromatic carbocycles. The molecule has 1 aliphatic carbocycles. The van der Waals surface area contributed by atoms with E-state index >= 15 is 0 Å². The van der Waals surface area contributed by atoms with E-state index in [1.165, 1.54) is 23.6 Å². The Morgan fingerprint density at radius 1 is 1.25 bits per heavy atom. The quantitative estimate of drug-likeness (QED) is 0.923. The Labute approximate surface area is 118 Å². The maximum Gasteiger partial charge on any atom is 0.146 e. The number of aromatic nitrogens is 1. The van der Waals surface area contributed by atoms with Gasteiger partial charge in [-0.2, -0.15) is 0 Å². The third kappa shape index (κ3) is 2.59. The third-order valence-corrected chi connectivity index (χ3v) is 4.17. The van der Waals surface area contributed by atoms with Crippen LogP contribution >= 0.6 is 0 Å². The van der Waals surface area contributed by atoms with Crippen LogP contribution in [-0.2, 0) is 6.42 Å². The fourth-order valence-electron chi connectivity index (χ4n) is 3.19. The molecule has 0 saturated heterocycles. The second-order valence-electron chi connectivity index (χ2n) is 5.50. The molecule has 0 bridgehead atoms. The van der Waals surface area contributed by atoms with E-state index in [1.54, 1.807) is 12.3 Å². The molecule has 0 radical (unpaired) electrons. The summed E-state index contributed by atoms with van der Waals surface area (Å²) in [4.78, 5) is 4.10. The number of fused-ring (bicyclic) bond motifs is 1. The summed E-state index contributed by atoms with van der Waals surface area (Å²) < 4.78 is 13.7. The lowest BCUT2D eigenvalue weighted by Crippen LogP contribution is -2.20. The molecule has 0 fully saturated rings. The molecule has 2 aromatic rings. The zero-order valence-corrected chi connectivity index (χ0v) is 11.4. The van der Waals surface area contributed by atoms with Crippen LogP contribution in [0.25, 0.3) is 0 Å². The molecule has 0 spiro atoms. The lowest BCUT2D eigenvalue weighted by Gasteiger charge is -2.27. The Morgan fingerprint density at radius 2 is 2.10 bits per heavy atom. The molecular weight excluding hydrogens is 251 g/mol. The normalized spacial score (nSPS) is 19.4. The van der Waals surface area contributed by atoms with Crippen molar-refractivity contribution >= 4 is 0 Å². The lowest BCUT2D eigenvalue weighted by atomic mass is 9.79. The fourth-order valence-corrected chi connectivity index (χ4v) is 3.19. The molecule has 104 valence electrons. The van der Waals surface area contributed by atoms with Crippen LogP contribution in [0, 0.1) is 5.82 Å². The first-order chi connectivity index (χ1) is 9.75. The number of rotatable bonds is 3. The summed E-state index contributed by atoms with van der Waals surface area (Å²) in [6.45, 7) is 0. The van der Waals surface area contributed by atoms with E-state index in [0.29, 0.717) is 11.6 Å². The Bertz CT molecular complexity index is 597. The molecule has 2 unspecified atom stereocenters. The van der Waals surface area contributed by atoms with Crippen molar-refractivity contribution in [1.82, 2.24) is 4.98 Å². The highest BCUT2D eigenvalue weighted by Gasteiger charge is 2.24. The predicted octanol–water partition coefficient (Wildman–Crippen LogP) is 3.73. The first-order valence-electron chi connectivity index (χ1n) is 7.19. The average Bonchev–Trinajstić information content (AvgIpc) is 2.48. The second kappa shape index (κ2) is 5.71. The lowest BCUT2D eigenvalue weighted by molar-refractivity contribution is 0.457. The van der Waals surface area contributed by atoms with Gasteiger partial charge in [-0.15, -0.1) is 0 Å². The van der Waals surface area contributed by atoms with Crippen LogP contribution in [-0.4, -0.2) is 4.98 Å². The van der Waals surface area contributed by atoms with Crippen molar-refractivity contribution in [3.05, 3.63) is 65.2 Å². The molecule has 0 amide bonds. The molecule has 3 rings (SSSR count). The van der Waals surface area contributed by atoms with Gasteiger partial charge in [-0.3, -0.25) is 4.98 Å². The maximum atomic E-state index is 13.7. The van der Waals surface area contributed by atoms with Crippen molar-refractivity contribution < 1.29 is 4.39 Å². The number of nitrogens with two attached hydrogens (primary N) is 1. The van der Waals surface area contributed by atoms with Gasteiger partial charge in [-0.25, -0.2) is 4.39 Å². The van der Waals surface area contributed by atoms with Crippen LogP contribution in [0.2, 0.25) is 0 Å². The number of pyridine rings is 1. The molecule has 3 heteroatoms. The van der Waals surface area contributed by atoms with E-state index in [2.05, 4.69) is 29.2 Å². The summed E-state index contributed by atoms with van der Waals surface area (Å²) in [5, 5.41) is 0. The summed E-state index contributed by atoms with van der Waals surface area (Å²) >= 11 is 0. The highest BCUT2D eigenvalue weighted by atomic mass is 19.1. The van der Waals surface area contributed by atoms with Crippen molar-refractivity contribution in [1.29, 1.82) is 0 Å². The second-order valence-corrected chi connectivity index (χ2v) is 5.50. The number of hydrogen-bond acceptors (Lipinski definition) is 2. The first-order valence-corrected chi connectivity index (χ1v) is 7.19. The minimum atomic E-state index is -0.340. The molecule has 0 aliphatic heterocycles. The molecular formula is C17H19FN2. The van der Waals surface area contributed by atoms with Gasteiger partial charge in [0.2, 0.25) is 0 Å². The fraction of sp³-hybridized carbons (Fsp3) is 0.353. The van der Waals surface area contributed by atoms with Crippen LogP contribution in [0.5, 0.6) is 0 Å². The molecule has 1 aromatic heterocycles. The van der Waals surface area contributed by atoms with Crippen LogP contribution in [0.1, 0.15) is 48.0 Å². The van der Waals surface area contributed by atoms with E-state index in [-0.39, 0.29) is 11.9 Å². The minimum Gasteiger partial charge on any atom is -0.323 e. The Morgan fingerprint density at radius 3 is 2.95 bits per heavy atom. The zero-order chi connectivity index (χ0) is 13.9. The minimum absolute atomic E-state index is 0.302. The topological polar surface area (TPSA) is 38.9 Å².